The van der Waals surface area contributed by atoms with Gasteiger partial charge in [-0.1, -0.05) is 0 Å². The lowest BCUT2D eigenvalue weighted by Crippen LogP contribution is -2.04. The van der Waals surface area contributed by atoms with Gasteiger partial charge in [-0.15, -0.1) is 0 Å². The Morgan fingerprint density at radius 2 is 2.05 bits per heavy atom. The summed E-state index contributed by atoms with van der Waals surface area (Å²) < 4.78 is 7.12. The predicted molar refractivity (Wildman–Crippen MR) is 81.9 cm³/mol. The molecule has 6 nitrogen and oxygen atoms in total. The van der Waals surface area contributed by atoms with Gasteiger partial charge in [0, 0.05) is 25.0 Å². The molecule has 2 rings (SSSR count). The minimum atomic E-state index is -0.409. The van der Waals surface area contributed by atoms with Gasteiger partial charge in [-0.3, -0.25) is 10.1 Å². The van der Waals surface area contributed by atoms with Crippen LogP contribution in [0.4, 0.5) is 11.4 Å². The number of ether oxygens (including phenoxy) is 1. The van der Waals surface area contributed by atoms with E-state index in [1.54, 1.807) is 12.1 Å². The highest BCUT2D eigenvalue weighted by Gasteiger charge is 2.15. The van der Waals surface area contributed by atoms with Crippen molar-refractivity contribution in [2.75, 3.05) is 12.4 Å². The van der Waals surface area contributed by atoms with E-state index in [1.807, 2.05) is 20.9 Å². The van der Waals surface area contributed by atoms with Gasteiger partial charge in [-0.05, 0) is 37.6 Å². The lowest BCUT2D eigenvalue weighted by Gasteiger charge is -2.09. The van der Waals surface area contributed by atoms with Gasteiger partial charge in [0.15, 0.2) is 0 Å². The number of methoxy groups -OCH3 is 1. The zero-order valence-electron chi connectivity index (χ0n) is 12.6. The lowest BCUT2D eigenvalue weighted by molar-refractivity contribution is -0.384. The van der Waals surface area contributed by atoms with Crippen molar-refractivity contribution in [1.29, 1.82) is 0 Å². The minimum absolute atomic E-state index is 0.0136. The smallest absolute Gasteiger partial charge is 0.296 e. The molecular weight excluding hydrogens is 270 g/mol. The molecule has 1 aromatic carbocycles. The fourth-order valence-electron chi connectivity index (χ4n) is 2.24. The topological polar surface area (TPSA) is 69.3 Å². The van der Waals surface area contributed by atoms with E-state index in [0.717, 1.165) is 17.0 Å². The summed E-state index contributed by atoms with van der Waals surface area (Å²) in [5, 5.41) is 14.3. The van der Waals surface area contributed by atoms with Gasteiger partial charge >= 0.3 is 0 Å². The highest BCUT2D eigenvalue weighted by atomic mass is 16.6. The molecule has 0 aliphatic heterocycles. The molecule has 0 fully saturated rings. The second kappa shape index (κ2) is 5.87. The van der Waals surface area contributed by atoms with E-state index < -0.39 is 4.92 Å². The molecule has 21 heavy (non-hydrogen) atoms. The molecule has 0 radical (unpaired) electrons. The van der Waals surface area contributed by atoms with Gasteiger partial charge in [0.05, 0.1) is 18.1 Å². The standard InChI is InChI=1S/C15H19N3O3/c1-10-7-12(11(2)17(10)3)9-16-14-6-5-13(21-4)8-15(14)18(19)20/h5-8,16H,9H2,1-4H3. The van der Waals surface area contributed by atoms with Gasteiger partial charge in [0.1, 0.15) is 11.4 Å². The van der Waals surface area contributed by atoms with Crippen molar-refractivity contribution in [1.82, 2.24) is 4.57 Å². The third-order valence-electron chi connectivity index (χ3n) is 3.75. The van der Waals surface area contributed by atoms with Crippen molar-refractivity contribution in [3.05, 3.63) is 51.3 Å². The maximum Gasteiger partial charge on any atom is 0.296 e. The van der Waals surface area contributed by atoms with E-state index in [2.05, 4.69) is 16.0 Å². The Labute approximate surface area is 123 Å². The van der Waals surface area contributed by atoms with Gasteiger partial charge in [-0.2, -0.15) is 0 Å². The maximum absolute atomic E-state index is 11.1. The van der Waals surface area contributed by atoms with Crippen LogP contribution in [-0.2, 0) is 13.6 Å². The summed E-state index contributed by atoms with van der Waals surface area (Å²) >= 11 is 0. The van der Waals surface area contributed by atoms with E-state index in [9.17, 15) is 10.1 Å². The Kier molecular flexibility index (Phi) is 4.16. The van der Waals surface area contributed by atoms with Crippen molar-refractivity contribution in [2.45, 2.75) is 20.4 Å². The van der Waals surface area contributed by atoms with E-state index in [0.29, 0.717) is 18.0 Å². The number of nitro groups is 1. The second-order valence-corrected chi connectivity index (χ2v) is 4.95. The molecule has 0 amide bonds. The molecule has 0 unspecified atom stereocenters. The first-order valence-corrected chi connectivity index (χ1v) is 6.62. The molecule has 0 saturated carbocycles. The fourth-order valence-corrected chi connectivity index (χ4v) is 2.24. The van der Waals surface area contributed by atoms with Crippen LogP contribution in [0.2, 0.25) is 0 Å². The number of anilines is 1. The summed E-state index contributed by atoms with van der Waals surface area (Å²) in [7, 11) is 3.49. The minimum Gasteiger partial charge on any atom is -0.496 e. The molecule has 0 aliphatic rings. The zero-order chi connectivity index (χ0) is 15.6. The summed E-state index contributed by atoms with van der Waals surface area (Å²) in [6.45, 7) is 4.61. The van der Waals surface area contributed by atoms with Crippen molar-refractivity contribution < 1.29 is 9.66 Å². The number of nitro benzene ring substituents is 1. The predicted octanol–water partition coefficient (Wildman–Crippen LogP) is 3.17. The Morgan fingerprint density at radius 3 is 2.57 bits per heavy atom. The summed E-state index contributed by atoms with van der Waals surface area (Å²) in [5.41, 5.74) is 3.94. The third kappa shape index (κ3) is 2.99. The second-order valence-electron chi connectivity index (χ2n) is 4.95. The van der Waals surface area contributed by atoms with E-state index in [4.69, 9.17) is 4.74 Å². The molecule has 112 valence electrons. The first-order chi connectivity index (χ1) is 9.93. The largest absolute Gasteiger partial charge is 0.496 e. The number of aromatic nitrogens is 1. The monoisotopic (exact) mass is 289 g/mol. The first kappa shape index (κ1) is 14.9. The third-order valence-corrected chi connectivity index (χ3v) is 3.75. The molecule has 1 aromatic heterocycles. The van der Waals surface area contributed by atoms with Crippen molar-refractivity contribution >= 4 is 11.4 Å². The van der Waals surface area contributed by atoms with Gasteiger partial charge in [-0.25, -0.2) is 0 Å². The van der Waals surface area contributed by atoms with Gasteiger partial charge < -0.3 is 14.6 Å². The number of aryl methyl sites for hydroxylation is 1. The molecule has 0 bridgehead atoms. The van der Waals surface area contributed by atoms with Gasteiger partial charge in [0.2, 0.25) is 0 Å². The molecule has 0 aliphatic carbocycles. The van der Waals surface area contributed by atoms with Crippen LogP contribution in [0.1, 0.15) is 17.0 Å². The van der Waals surface area contributed by atoms with Crippen LogP contribution in [0.15, 0.2) is 24.3 Å². The molecular formula is C15H19N3O3. The number of benzene rings is 1. The summed E-state index contributed by atoms with van der Waals surface area (Å²) in [5.74, 6) is 0.471. The number of nitrogens with one attached hydrogen (secondary N) is 1. The van der Waals surface area contributed by atoms with Crippen LogP contribution in [0.25, 0.3) is 0 Å². The lowest BCUT2D eigenvalue weighted by atomic mass is 10.2. The normalized spacial score (nSPS) is 10.5. The molecule has 0 atom stereocenters. The number of hydrogen-bond acceptors (Lipinski definition) is 4. The Morgan fingerprint density at radius 1 is 1.33 bits per heavy atom. The Hall–Kier alpha value is -2.50. The summed E-state index contributed by atoms with van der Waals surface area (Å²) in [6, 6.07) is 6.88. The van der Waals surface area contributed by atoms with E-state index in [1.165, 1.54) is 13.2 Å². The fraction of sp³-hybridized carbons (Fsp3) is 0.333. The number of nitrogens with zero attached hydrogens (tertiary/aromatic N) is 2. The molecule has 0 saturated heterocycles. The zero-order valence-corrected chi connectivity index (χ0v) is 12.6. The Balaban J connectivity index is 2.23. The highest BCUT2D eigenvalue weighted by molar-refractivity contribution is 5.64. The SMILES string of the molecule is COc1ccc(NCc2cc(C)n(C)c2C)c([N+](=O)[O-])c1. The van der Waals surface area contributed by atoms with Crippen molar-refractivity contribution in [3.63, 3.8) is 0 Å². The molecule has 1 heterocycles. The van der Waals surface area contributed by atoms with Crippen LogP contribution < -0.4 is 10.1 Å². The van der Waals surface area contributed by atoms with Crippen molar-refractivity contribution in [3.8, 4) is 5.75 Å². The number of hydrogen-bond donors (Lipinski definition) is 1. The van der Waals surface area contributed by atoms with Crippen LogP contribution in [-0.4, -0.2) is 16.6 Å². The van der Waals surface area contributed by atoms with E-state index >= 15 is 0 Å². The Bertz CT molecular complexity index is 677. The van der Waals surface area contributed by atoms with Gasteiger partial charge in [0.25, 0.3) is 5.69 Å². The number of rotatable bonds is 5. The van der Waals surface area contributed by atoms with E-state index in [-0.39, 0.29) is 5.69 Å². The quantitative estimate of drug-likeness (QED) is 0.678. The van der Waals surface area contributed by atoms with Crippen LogP contribution in [0.5, 0.6) is 5.75 Å². The molecule has 2 aromatic rings. The van der Waals surface area contributed by atoms with Crippen LogP contribution in [0, 0.1) is 24.0 Å². The highest BCUT2D eigenvalue weighted by Crippen LogP contribution is 2.29. The average Bonchev–Trinajstić information content (AvgIpc) is 2.72. The maximum atomic E-state index is 11.1. The first-order valence-electron chi connectivity index (χ1n) is 6.62. The molecule has 1 N–H and O–H groups in total. The molecule has 0 spiro atoms. The van der Waals surface area contributed by atoms with Crippen molar-refractivity contribution in [2.24, 2.45) is 7.05 Å². The average molecular weight is 289 g/mol. The van der Waals surface area contributed by atoms with Crippen LogP contribution in [0.3, 0.4) is 0 Å². The summed E-state index contributed by atoms with van der Waals surface area (Å²) in [6.07, 6.45) is 0. The summed E-state index contributed by atoms with van der Waals surface area (Å²) in [4.78, 5) is 10.7. The van der Waals surface area contributed by atoms with Crippen LogP contribution >= 0.6 is 0 Å². The molecule has 6 heteroatoms.